The average molecular weight is 248 g/mol. The van der Waals surface area contributed by atoms with E-state index in [1.165, 1.54) is 11.3 Å². The molecular weight excluding hydrogens is 240 g/mol. The minimum absolute atomic E-state index is 0.610. The van der Waals surface area contributed by atoms with Gasteiger partial charge in [-0.3, -0.25) is 0 Å². The van der Waals surface area contributed by atoms with Crippen molar-refractivity contribution in [3.63, 3.8) is 0 Å². The first-order valence-corrected chi connectivity index (χ1v) is 6.40. The summed E-state index contributed by atoms with van der Waals surface area (Å²) in [6, 6.07) is 5.89. The molecule has 0 saturated carbocycles. The average Bonchev–Trinajstić information content (AvgIpc) is 2.97. The van der Waals surface area contributed by atoms with Crippen molar-refractivity contribution in [1.82, 2.24) is 14.8 Å². The molecule has 3 rings (SSSR count). The normalized spacial score (nSPS) is 10.8. The van der Waals surface area contributed by atoms with Crippen molar-refractivity contribution in [2.24, 2.45) is 0 Å². The molecule has 80 valence electrons. The number of nitrogen functional groups attached to an aromatic ring is 1. The van der Waals surface area contributed by atoms with Crippen LogP contribution in [0.1, 0.15) is 0 Å². The molecule has 0 aromatic carbocycles. The van der Waals surface area contributed by atoms with Crippen LogP contribution in [0.5, 0.6) is 0 Å². The molecule has 3 heterocycles. The van der Waals surface area contributed by atoms with Gasteiger partial charge in [0.05, 0.1) is 4.88 Å². The number of aromatic nitrogens is 3. The van der Waals surface area contributed by atoms with Crippen molar-refractivity contribution in [3.05, 3.63) is 35.2 Å². The van der Waals surface area contributed by atoms with E-state index in [-0.39, 0.29) is 0 Å². The summed E-state index contributed by atoms with van der Waals surface area (Å²) in [6.45, 7) is 0. The van der Waals surface area contributed by atoms with Crippen LogP contribution in [-0.4, -0.2) is 14.8 Å². The van der Waals surface area contributed by atoms with E-state index in [1.807, 2.05) is 29.0 Å². The Morgan fingerprint density at radius 3 is 2.88 bits per heavy atom. The van der Waals surface area contributed by atoms with Crippen LogP contribution in [0.15, 0.2) is 35.2 Å². The molecule has 16 heavy (non-hydrogen) atoms. The van der Waals surface area contributed by atoms with E-state index >= 15 is 0 Å². The van der Waals surface area contributed by atoms with Gasteiger partial charge in [-0.1, -0.05) is 6.07 Å². The maximum Gasteiger partial charge on any atom is 0.212 e. The van der Waals surface area contributed by atoms with Crippen LogP contribution in [0.4, 0.5) is 5.82 Å². The summed E-state index contributed by atoms with van der Waals surface area (Å²) < 4.78 is 1.67. The maximum absolute atomic E-state index is 5.91. The number of nitrogens with two attached hydrogens (primary N) is 1. The number of hydrogen-bond donors (Lipinski definition) is 1. The molecule has 0 aliphatic heterocycles. The predicted octanol–water partition coefficient (Wildman–Crippen LogP) is 2.64. The Kier molecular flexibility index (Phi) is 2.23. The number of thiazole rings is 1. The summed E-state index contributed by atoms with van der Waals surface area (Å²) in [5.74, 6) is 0.610. The minimum Gasteiger partial charge on any atom is -0.383 e. The SMILES string of the molecule is Nc1cc(-c2cccs2)nn1-c1nccs1. The lowest BCUT2D eigenvalue weighted by molar-refractivity contribution is 0.884. The second-order valence-corrected chi connectivity index (χ2v) is 4.98. The Bertz CT molecular complexity index is 580. The van der Waals surface area contributed by atoms with Crippen LogP contribution in [0.25, 0.3) is 15.7 Å². The van der Waals surface area contributed by atoms with E-state index in [4.69, 9.17) is 5.73 Å². The van der Waals surface area contributed by atoms with Gasteiger partial charge in [-0.2, -0.15) is 9.78 Å². The lowest BCUT2D eigenvalue weighted by atomic mass is 10.3. The van der Waals surface area contributed by atoms with E-state index < -0.39 is 0 Å². The van der Waals surface area contributed by atoms with Gasteiger partial charge in [0.15, 0.2) is 0 Å². The fourth-order valence-corrected chi connectivity index (χ4v) is 2.71. The van der Waals surface area contributed by atoms with Crippen LogP contribution in [-0.2, 0) is 0 Å². The zero-order chi connectivity index (χ0) is 11.0. The zero-order valence-electron chi connectivity index (χ0n) is 8.20. The first kappa shape index (κ1) is 9.56. The Hall–Kier alpha value is -1.66. The van der Waals surface area contributed by atoms with Gasteiger partial charge in [-0.25, -0.2) is 4.98 Å². The van der Waals surface area contributed by atoms with Crippen LogP contribution in [0, 0.1) is 0 Å². The number of rotatable bonds is 2. The van der Waals surface area contributed by atoms with E-state index in [0.717, 1.165) is 15.7 Å². The molecule has 2 N–H and O–H groups in total. The molecule has 0 spiro atoms. The van der Waals surface area contributed by atoms with Crippen molar-refractivity contribution in [2.75, 3.05) is 5.73 Å². The van der Waals surface area contributed by atoms with E-state index in [0.29, 0.717) is 5.82 Å². The smallest absolute Gasteiger partial charge is 0.212 e. The highest BCUT2D eigenvalue weighted by Gasteiger charge is 2.10. The first-order valence-electron chi connectivity index (χ1n) is 4.64. The summed E-state index contributed by atoms with van der Waals surface area (Å²) in [5.41, 5.74) is 6.80. The number of nitrogens with zero attached hydrogens (tertiary/aromatic N) is 3. The first-order chi connectivity index (χ1) is 7.84. The molecule has 3 aromatic heterocycles. The van der Waals surface area contributed by atoms with Gasteiger partial charge < -0.3 is 5.73 Å². The molecule has 4 nitrogen and oxygen atoms in total. The zero-order valence-corrected chi connectivity index (χ0v) is 9.83. The number of thiophene rings is 1. The molecule has 0 aliphatic rings. The molecule has 0 amide bonds. The number of anilines is 1. The fraction of sp³-hybridized carbons (Fsp3) is 0. The summed E-state index contributed by atoms with van der Waals surface area (Å²) >= 11 is 3.16. The molecule has 6 heteroatoms. The van der Waals surface area contributed by atoms with Crippen molar-refractivity contribution in [3.8, 4) is 15.7 Å². The van der Waals surface area contributed by atoms with Crippen LogP contribution >= 0.6 is 22.7 Å². The molecular formula is C10H8N4S2. The van der Waals surface area contributed by atoms with E-state index in [9.17, 15) is 0 Å². The highest BCUT2D eigenvalue weighted by Crippen LogP contribution is 2.26. The van der Waals surface area contributed by atoms with Gasteiger partial charge in [0.1, 0.15) is 11.5 Å². The minimum atomic E-state index is 0.610. The van der Waals surface area contributed by atoms with E-state index in [1.54, 1.807) is 22.2 Å². The summed E-state index contributed by atoms with van der Waals surface area (Å²) in [4.78, 5) is 5.30. The monoisotopic (exact) mass is 248 g/mol. The molecule has 0 radical (unpaired) electrons. The summed E-state index contributed by atoms with van der Waals surface area (Å²) in [5, 5.41) is 9.16. The van der Waals surface area contributed by atoms with Gasteiger partial charge in [0.2, 0.25) is 5.13 Å². The lowest BCUT2D eigenvalue weighted by Gasteiger charge is -1.96. The second kappa shape index (κ2) is 3.73. The molecule has 0 aliphatic carbocycles. The van der Waals surface area contributed by atoms with Crippen molar-refractivity contribution in [1.29, 1.82) is 0 Å². The molecule has 0 fully saturated rings. The van der Waals surface area contributed by atoms with Crippen LogP contribution in [0.3, 0.4) is 0 Å². The highest BCUT2D eigenvalue weighted by atomic mass is 32.1. The molecule has 0 atom stereocenters. The van der Waals surface area contributed by atoms with Gasteiger partial charge in [0.25, 0.3) is 0 Å². The Morgan fingerprint density at radius 2 is 2.19 bits per heavy atom. The van der Waals surface area contributed by atoms with Crippen molar-refractivity contribution in [2.45, 2.75) is 0 Å². The quantitative estimate of drug-likeness (QED) is 0.758. The van der Waals surface area contributed by atoms with Gasteiger partial charge >= 0.3 is 0 Å². The highest BCUT2D eigenvalue weighted by molar-refractivity contribution is 7.13. The summed E-state index contributed by atoms with van der Waals surface area (Å²) in [7, 11) is 0. The third kappa shape index (κ3) is 1.52. The Labute approximate surface area is 100.0 Å². The number of hydrogen-bond acceptors (Lipinski definition) is 5. The van der Waals surface area contributed by atoms with Gasteiger partial charge in [-0.05, 0) is 11.4 Å². The van der Waals surface area contributed by atoms with Crippen LogP contribution < -0.4 is 5.73 Å². The molecule has 3 aromatic rings. The van der Waals surface area contributed by atoms with Crippen LogP contribution in [0.2, 0.25) is 0 Å². The fourth-order valence-electron chi connectivity index (χ4n) is 1.41. The standard InChI is InChI=1S/C10H8N4S2/c11-9-6-7(8-2-1-4-15-8)13-14(9)10-12-3-5-16-10/h1-6H,11H2. The van der Waals surface area contributed by atoms with Crippen molar-refractivity contribution >= 4 is 28.5 Å². The van der Waals surface area contributed by atoms with Crippen molar-refractivity contribution < 1.29 is 0 Å². The Balaban J connectivity index is 2.09. The second-order valence-electron chi connectivity index (χ2n) is 3.16. The topological polar surface area (TPSA) is 56.7 Å². The molecule has 0 saturated heterocycles. The largest absolute Gasteiger partial charge is 0.383 e. The predicted molar refractivity (Wildman–Crippen MR) is 67.0 cm³/mol. The Morgan fingerprint density at radius 1 is 1.25 bits per heavy atom. The van der Waals surface area contributed by atoms with Gasteiger partial charge in [0, 0.05) is 17.6 Å². The van der Waals surface area contributed by atoms with E-state index in [2.05, 4.69) is 10.1 Å². The maximum atomic E-state index is 5.91. The van der Waals surface area contributed by atoms with Gasteiger partial charge in [-0.15, -0.1) is 22.7 Å². The third-order valence-electron chi connectivity index (χ3n) is 2.11. The third-order valence-corrected chi connectivity index (χ3v) is 3.75. The molecule has 0 unspecified atom stereocenters. The summed E-state index contributed by atoms with van der Waals surface area (Å²) in [6.07, 6.45) is 1.74. The molecule has 0 bridgehead atoms. The lowest BCUT2D eigenvalue weighted by Crippen LogP contribution is -2.00.